The monoisotopic (exact) mass is 334 g/mol. The molecule has 0 saturated carbocycles. The highest BCUT2D eigenvalue weighted by molar-refractivity contribution is 8.14. The minimum atomic E-state index is 0.264. The summed E-state index contributed by atoms with van der Waals surface area (Å²) in [6, 6.07) is 8.43. The van der Waals surface area contributed by atoms with E-state index in [0.29, 0.717) is 5.92 Å². The molecule has 120 valence electrons. The number of benzene rings is 1. The number of amidine groups is 1. The van der Waals surface area contributed by atoms with Gasteiger partial charge in [-0.15, -0.1) is 0 Å². The Bertz CT molecular complexity index is 576. The molecule has 2 rings (SSSR count). The van der Waals surface area contributed by atoms with Crippen LogP contribution in [0.1, 0.15) is 52.5 Å². The lowest BCUT2D eigenvalue weighted by atomic mass is 9.95. The molecule has 0 radical (unpaired) electrons. The fourth-order valence-corrected chi connectivity index (χ4v) is 3.85. The van der Waals surface area contributed by atoms with E-state index < -0.39 is 0 Å². The van der Waals surface area contributed by atoms with E-state index in [1.54, 1.807) is 0 Å². The first kappa shape index (κ1) is 17.5. The molecule has 0 bridgehead atoms. The number of aliphatic imine (C=N–C) groups is 1. The molecule has 0 amide bonds. The molecule has 1 aliphatic heterocycles. The van der Waals surface area contributed by atoms with Gasteiger partial charge in [-0.1, -0.05) is 76.8 Å². The molecular formula is C18H26N2S2. The van der Waals surface area contributed by atoms with Crippen molar-refractivity contribution in [2.45, 2.75) is 47.0 Å². The zero-order valence-corrected chi connectivity index (χ0v) is 15.9. The summed E-state index contributed by atoms with van der Waals surface area (Å²) in [5.41, 5.74) is 2.63. The predicted octanol–water partition coefficient (Wildman–Crippen LogP) is 5.61. The van der Waals surface area contributed by atoms with E-state index in [9.17, 15) is 0 Å². The molecular weight excluding hydrogens is 308 g/mol. The van der Waals surface area contributed by atoms with Gasteiger partial charge in [-0.3, -0.25) is 0 Å². The Balaban J connectivity index is 2.38. The van der Waals surface area contributed by atoms with E-state index in [-0.39, 0.29) is 5.41 Å². The average molecular weight is 335 g/mol. The van der Waals surface area contributed by atoms with Gasteiger partial charge in [0.2, 0.25) is 0 Å². The minimum absolute atomic E-state index is 0.264. The first-order valence-electron chi connectivity index (χ1n) is 7.95. The summed E-state index contributed by atoms with van der Waals surface area (Å²) in [6.07, 6.45) is 0.886. The van der Waals surface area contributed by atoms with Crippen molar-refractivity contribution >= 4 is 39.8 Å². The van der Waals surface area contributed by atoms with Crippen molar-refractivity contribution in [3.63, 3.8) is 0 Å². The molecule has 0 aromatic heterocycles. The van der Waals surface area contributed by atoms with Gasteiger partial charge in [0.25, 0.3) is 0 Å². The highest BCUT2D eigenvalue weighted by atomic mass is 32.2. The van der Waals surface area contributed by atoms with Gasteiger partial charge in [-0.05, 0) is 29.4 Å². The number of hydrogen-bond acceptors (Lipinski definition) is 3. The van der Waals surface area contributed by atoms with Gasteiger partial charge < -0.3 is 4.90 Å². The standard InChI is InChI=1S/C18H26N2S2/c1-6-16(21)20-11-18(4,5)12-22-17(20)19-15-10-8-7-9-14(15)13(2)3/h7-10,13H,6,11-12H2,1-5H3/b19-17-. The van der Waals surface area contributed by atoms with Crippen LogP contribution >= 0.6 is 24.0 Å². The maximum atomic E-state index is 5.59. The third-order valence-electron chi connectivity index (χ3n) is 3.79. The minimum Gasteiger partial charge on any atom is -0.315 e. The van der Waals surface area contributed by atoms with Crippen molar-refractivity contribution in [2.75, 3.05) is 12.3 Å². The van der Waals surface area contributed by atoms with Gasteiger partial charge in [-0.25, -0.2) is 4.99 Å². The van der Waals surface area contributed by atoms with Crippen LogP contribution in [0, 0.1) is 5.41 Å². The molecule has 0 spiro atoms. The molecule has 1 saturated heterocycles. The molecule has 0 atom stereocenters. The van der Waals surface area contributed by atoms with Crippen LogP contribution in [0.15, 0.2) is 29.3 Å². The number of nitrogens with zero attached hydrogens (tertiary/aromatic N) is 2. The molecule has 1 aromatic rings. The largest absolute Gasteiger partial charge is 0.315 e. The van der Waals surface area contributed by atoms with Gasteiger partial charge in [0.1, 0.15) is 0 Å². The second kappa shape index (κ2) is 7.14. The van der Waals surface area contributed by atoms with Crippen molar-refractivity contribution < 1.29 is 0 Å². The average Bonchev–Trinajstić information content (AvgIpc) is 2.48. The summed E-state index contributed by atoms with van der Waals surface area (Å²) in [5, 5.41) is 1.05. The summed E-state index contributed by atoms with van der Waals surface area (Å²) >= 11 is 7.41. The maximum Gasteiger partial charge on any atom is 0.169 e. The molecule has 0 unspecified atom stereocenters. The first-order valence-corrected chi connectivity index (χ1v) is 9.34. The Kier molecular flexibility index (Phi) is 5.67. The van der Waals surface area contributed by atoms with E-state index in [0.717, 1.165) is 34.6 Å². The summed E-state index contributed by atoms with van der Waals surface area (Å²) in [4.78, 5) is 8.20. The van der Waals surface area contributed by atoms with Crippen molar-refractivity contribution in [2.24, 2.45) is 10.4 Å². The van der Waals surface area contributed by atoms with Crippen LogP contribution in [-0.4, -0.2) is 27.4 Å². The highest BCUT2D eigenvalue weighted by Gasteiger charge is 2.32. The van der Waals surface area contributed by atoms with E-state index in [2.05, 4.69) is 63.8 Å². The molecule has 22 heavy (non-hydrogen) atoms. The Morgan fingerprint density at radius 1 is 1.36 bits per heavy atom. The summed E-state index contributed by atoms with van der Waals surface area (Å²) < 4.78 is 0. The zero-order valence-electron chi connectivity index (χ0n) is 14.2. The van der Waals surface area contributed by atoms with Crippen molar-refractivity contribution in [1.82, 2.24) is 4.90 Å². The third-order valence-corrected chi connectivity index (χ3v) is 5.79. The smallest absolute Gasteiger partial charge is 0.169 e. The van der Waals surface area contributed by atoms with Gasteiger partial charge >= 0.3 is 0 Å². The fourth-order valence-electron chi connectivity index (χ4n) is 2.54. The van der Waals surface area contributed by atoms with E-state index in [4.69, 9.17) is 17.2 Å². The molecule has 1 fully saturated rings. The summed E-state index contributed by atoms with van der Waals surface area (Å²) in [6.45, 7) is 12.1. The lowest BCUT2D eigenvalue weighted by Crippen LogP contribution is -2.46. The lowest BCUT2D eigenvalue weighted by Gasteiger charge is -2.39. The van der Waals surface area contributed by atoms with Gasteiger partial charge in [0.05, 0.1) is 10.7 Å². The van der Waals surface area contributed by atoms with Crippen LogP contribution in [0.2, 0.25) is 0 Å². The molecule has 4 heteroatoms. The molecule has 1 aliphatic rings. The SMILES string of the molecule is CCC(=S)N1CC(C)(C)CS/C1=N\c1ccccc1C(C)C. The second-order valence-electron chi connectivity index (χ2n) is 6.89. The Hall–Kier alpha value is -0.870. The Labute approximate surface area is 144 Å². The topological polar surface area (TPSA) is 15.6 Å². The lowest BCUT2D eigenvalue weighted by molar-refractivity contribution is 0.344. The molecule has 1 heterocycles. The summed E-state index contributed by atoms with van der Waals surface area (Å²) in [5.74, 6) is 1.55. The molecule has 2 nitrogen and oxygen atoms in total. The van der Waals surface area contributed by atoms with E-state index in [1.165, 1.54) is 5.56 Å². The quantitative estimate of drug-likeness (QED) is 0.668. The number of thiocarbonyl (C=S) groups is 1. The highest BCUT2D eigenvalue weighted by Crippen LogP contribution is 2.35. The number of rotatable bonds is 3. The summed E-state index contributed by atoms with van der Waals surface area (Å²) in [7, 11) is 0. The Morgan fingerprint density at radius 2 is 2.05 bits per heavy atom. The maximum absolute atomic E-state index is 5.59. The van der Waals surface area contributed by atoms with Crippen molar-refractivity contribution in [3.05, 3.63) is 29.8 Å². The normalized spacial score (nSPS) is 19.7. The fraction of sp³-hybridized carbons (Fsp3) is 0.556. The first-order chi connectivity index (χ1) is 10.3. The van der Waals surface area contributed by atoms with Crippen LogP contribution in [0.3, 0.4) is 0 Å². The zero-order chi connectivity index (χ0) is 16.3. The van der Waals surface area contributed by atoms with Crippen LogP contribution in [-0.2, 0) is 0 Å². The van der Waals surface area contributed by atoms with E-state index >= 15 is 0 Å². The molecule has 0 N–H and O–H groups in total. The van der Waals surface area contributed by atoms with Gasteiger partial charge in [0, 0.05) is 12.3 Å². The van der Waals surface area contributed by atoms with Crippen LogP contribution in [0.25, 0.3) is 0 Å². The van der Waals surface area contributed by atoms with Gasteiger partial charge in [-0.2, -0.15) is 0 Å². The molecule has 1 aromatic carbocycles. The van der Waals surface area contributed by atoms with Crippen molar-refractivity contribution in [1.29, 1.82) is 0 Å². The third kappa shape index (κ3) is 4.11. The van der Waals surface area contributed by atoms with Crippen LogP contribution in [0.4, 0.5) is 5.69 Å². The molecule has 0 aliphatic carbocycles. The van der Waals surface area contributed by atoms with Crippen molar-refractivity contribution in [3.8, 4) is 0 Å². The van der Waals surface area contributed by atoms with Crippen LogP contribution in [0.5, 0.6) is 0 Å². The van der Waals surface area contributed by atoms with Crippen LogP contribution < -0.4 is 0 Å². The second-order valence-corrected chi connectivity index (χ2v) is 8.31. The van der Waals surface area contributed by atoms with E-state index in [1.807, 2.05) is 11.8 Å². The number of para-hydroxylation sites is 1. The van der Waals surface area contributed by atoms with Gasteiger partial charge in [0.15, 0.2) is 5.17 Å². The number of hydrogen-bond donors (Lipinski definition) is 0. The Morgan fingerprint density at radius 3 is 2.68 bits per heavy atom. The predicted molar refractivity (Wildman–Crippen MR) is 103 cm³/mol. The number of thioether (sulfide) groups is 1.